The number of rotatable bonds is 6. The fraction of sp³-hybridized carbons (Fsp3) is 0.391. The maximum Gasteiger partial charge on any atom is 0.279 e. The van der Waals surface area contributed by atoms with Gasteiger partial charge in [-0.2, -0.15) is 0 Å². The lowest BCUT2D eigenvalue weighted by molar-refractivity contribution is -0.895. The molecule has 6 nitrogen and oxygen atoms in total. The van der Waals surface area contributed by atoms with E-state index in [1.807, 2.05) is 56.3 Å². The average Bonchev–Trinajstić information content (AvgIpc) is 2.75. The van der Waals surface area contributed by atoms with Crippen molar-refractivity contribution < 1.29 is 14.4 Å². The van der Waals surface area contributed by atoms with E-state index in [-0.39, 0.29) is 5.91 Å². The second kappa shape index (κ2) is 10.4. The summed E-state index contributed by atoms with van der Waals surface area (Å²) < 4.78 is 5.19. The van der Waals surface area contributed by atoms with Crippen molar-refractivity contribution in [3.63, 3.8) is 0 Å². The lowest BCUT2D eigenvalue weighted by atomic mass is 10.1. The third-order valence-corrected chi connectivity index (χ3v) is 5.92. The topological polar surface area (TPSA) is 58.0 Å². The zero-order chi connectivity index (χ0) is 21.5. The van der Waals surface area contributed by atoms with E-state index in [1.54, 1.807) is 7.11 Å². The summed E-state index contributed by atoms with van der Waals surface area (Å²) in [4.78, 5) is 16.0. The van der Waals surface area contributed by atoms with Crippen LogP contribution in [0.1, 0.15) is 16.7 Å². The van der Waals surface area contributed by atoms with Crippen molar-refractivity contribution in [1.82, 2.24) is 10.2 Å². The molecule has 1 aliphatic rings. The number of nitrogens with zero attached hydrogens (tertiary/aromatic N) is 1. The van der Waals surface area contributed by atoms with Crippen LogP contribution in [0.2, 0.25) is 0 Å². The smallest absolute Gasteiger partial charge is 0.279 e. The molecule has 0 bridgehead atoms. The minimum Gasteiger partial charge on any atom is -0.497 e. The maximum absolute atomic E-state index is 12.5. The molecule has 0 atom stereocenters. The van der Waals surface area contributed by atoms with E-state index in [4.69, 9.17) is 17.0 Å². The summed E-state index contributed by atoms with van der Waals surface area (Å²) in [6, 6.07) is 14.0. The number of amides is 1. The molecule has 1 heterocycles. The number of quaternary nitrogens is 1. The highest BCUT2D eigenvalue weighted by Crippen LogP contribution is 2.18. The van der Waals surface area contributed by atoms with Gasteiger partial charge in [-0.15, -0.1) is 0 Å². The number of ether oxygens (including phenoxy) is 1. The number of carbonyl (C=O) groups is 1. The Kier molecular flexibility index (Phi) is 7.65. The van der Waals surface area contributed by atoms with Gasteiger partial charge in [-0.1, -0.05) is 30.3 Å². The molecule has 0 aliphatic carbocycles. The molecule has 0 spiro atoms. The maximum atomic E-state index is 12.5. The SMILES string of the molecule is COc1ccc(CNC(=S)N2CC[NH+](CC(=O)Nc3c(C)cccc3C)CC2)cc1. The summed E-state index contributed by atoms with van der Waals surface area (Å²) in [7, 11) is 1.66. The predicted octanol–water partition coefficient (Wildman–Crippen LogP) is 1.53. The zero-order valence-corrected chi connectivity index (χ0v) is 18.8. The molecule has 0 aromatic heterocycles. The molecule has 0 unspecified atom stereocenters. The van der Waals surface area contributed by atoms with Crippen LogP contribution < -0.4 is 20.3 Å². The Morgan fingerprint density at radius 1 is 1.10 bits per heavy atom. The summed E-state index contributed by atoms with van der Waals surface area (Å²) in [5.74, 6) is 0.915. The van der Waals surface area contributed by atoms with Gasteiger partial charge in [-0.3, -0.25) is 4.79 Å². The summed E-state index contributed by atoms with van der Waals surface area (Å²) >= 11 is 5.57. The molecule has 1 fully saturated rings. The van der Waals surface area contributed by atoms with Crippen molar-refractivity contribution >= 4 is 28.9 Å². The Bertz CT molecular complexity index is 857. The van der Waals surface area contributed by atoms with Crippen LogP contribution in [0, 0.1) is 13.8 Å². The molecule has 0 saturated carbocycles. The second-order valence-corrected chi connectivity index (χ2v) is 8.12. The lowest BCUT2D eigenvalue weighted by Gasteiger charge is -2.33. The van der Waals surface area contributed by atoms with Crippen molar-refractivity contribution in [3.05, 3.63) is 59.2 Å². The van der Waals surface area contributed by atoms with E-state index in [9.17, 15) is 4.79 Å². The van der Waals surface area contributed by atoms with Gasteiger partial charge in [-0.05, 0) is 54.9 Å². The number of methoxy groups -OCH3 is 1. The van der Waals surface area contributed by atoms with E-state index < -0.39 is 0 Å². The van der Waals surface area contributed by atoms with E-state index in [0.717, 1.165) is 59.4 Å². The number of carbonyl (C=O) groups excluding carboxylic acids is 1. The van der Waals surface area contributed by atoms with Crippen molar-refractivity contribution in [2.75, 3.05) is 45.2 Å². The highest BCUT2D eigenvalue weighted by molar-refractivity contribution is 7.80. The highest BCUT2D eigenvalue weighted by atomic mass is 32.1. The zero-order valence-electron chi connectivity index (χ0n) is 18.0. The van der Waals surface area contributed by atoms with Gasteiger partial charge in [-0.25, -0.2) is 0 Å². The van der Waals surface area contributed by atoms with Crippen LogP contribution >= 0.6 is 12.2 Å². The van der Waals surface area contributed by atoms with Gasteiger partial charge >= 0.3 is 0 Å². The van der Waals surface area contributed by atoms with E-state index >= 15 is 0 Å². The lowest BCUT2D eigenvalue weighted by Crippen LogP contribution is -3.15. The first-order valence-corrected chi connectivity index (χ1v) is 10.7. The number of hydrogen-bond acceptors (Lipinski definition) is 3. The van der Waals surface area contributed by atoms with Crippen LogP contribution in [0.15, 0.2) is 42.5 Å². The molecule has 3 rings (SSSR count). The number of benzene rings is 2. The standard InChI is InChI=1S/C23H30N4O2S/c1-17-5-4-6-18(2)22(17)25-21(28)16-26-11-13-27(14-12-26)23(30)24-15-19-7-9-20(29-3)10-8-19/h4-10H,11-16H2,1-3H3,(H,24,30)(H,25,28)/p+1. The number of anilines is 1. The van der Waals surface area contributed by atoms with Crippen LogP contribution in [0.25, 0.3) is 0 Å². The summed E-state index contributed by atoms with van der Waals surface area (Å²) in [6.45, 7) is 8.69. The van der Waals surface area contributed by atoms with E-state index in [1.165, 1.54) is 4.90 Å². The molecule has 1 saturated heterocycles. The van der Waals surface area contributed by atoms with Crippen LogP contribution in [-0.4, -0.2) is 55.8 Å². The summed E-state index contributed by atoms with van der Waals surface area (Å²) in [6.07, 6.45) is 0. The first-order chi connectivity index (χ1) is 14.5. The fourth-order valence-electron chi connectivity index (χ4n) is 3.66. The van der Waals surface area contributed by atoms with Crippen LogP contribution in [0.5, 0.6) is 5.75 Å². The highest BCUT2D eigenvalue weighted by Gasteiger charge is 2.24. The molecule has 30 heavy (non-hydrogen) atoms. The average molecular weight is 428 g/mol. The van der Waals surface area contributed by atoms with Crippen molar-refractivity contribution in [2.45, 2.75) is 20.4 Å². The number of piperazine rings is 1. The van der Waals surface area contributed by atoms with Gasteiger partial charge in [0, 0.05) is 12.2 Å². The van der Waals surface area contributed by atoms with Crippen LogP contribution in [-0.2, 0) is 11.3 Å². The number of para-hydroxylation sites is 1. The monoisotopic (exact) mass is 427 g/mol. The third-order valence-electron chi connectivity index (χ3n) is 5.52. The van der Waals surface area contributed by atoms with E-state index in [2.05, 4.69) is 15.5 Å². The van der Waals surface area contributed by atoms with Crippen molar-refractivity contribution in [3.8, 4) is 5.75 Å². The molecule has 7 heteroatoms. The van der Waals surface area contributed by atoms with Gasteiger partial charge in [0.05, 0.1) is 33.3 Å². The number of nitrogens with one attached hydrogen (secondary N) is 3. The fourth-order valence-corrected chi connectivity index (χ4v) is 3.91. The second-order valence-electron chi connectivity index (χ2n) is 7.74. The molecule has 160 valence electrons. The van der Waals surface area contributed by atoms with Gasteiger partial charge < -0.3 is 25.2 Å². The molecule has 1 amide bonds. The van der Waals surface area contributed by atoms with Gasteiger partial charge in [0.2, 0.25) is 0 Å². The van der Waals surface area contributed by atoms with Crippen LogP contribution in [0.3, 0.4) is 0 Å². The number of hydrogen-bond donors (Lipinski definition) is 3. The summed E-state index contributed by atoms with van der Waals surface area (Å²) in [5.41, 5.74) is 4.28. The Morgan fingerprint density at radius 3 is 2.33 bits per heavy atom. The normalized spacial score (nSPS) is 14.3. The number of aryl methyl sites for hydroxylation is 2. The molecule has 3 N–H and O–H groups in total. The largest absolute Gasteiger partial charge is 0.497 e. The first kappa shape index (κ1) is 22.1. The minimum atomic E-state index is 0.0658. The van der Waals surface area contributed by atoms with Gasteiger partial charge in [0.25, 0.3) is 5.91 Å². The number of thiocarbonyl (C=S) groups is 1. The Balaban J connectivity index is 1.41. The molecule has 0 radical (unpaired) electrons. The Labute approximate surface area is 184 Å². The van der Waals surface area contributed by atoms with Crippen molar-refractivity contribution in [1.29, 1.82) is 0 Å². The van der Waals surface area contributed by atoms with Gasteiger partial charge in [0.15, 0.2) is 11.7 Å². The minimum absolute atomic E-state index is 0.0658. The Morgan fingerprint density at radius 2 is 1.73 bits per heavy atom. The van der Waals surface area contributed by atoms with Crippen LogP contribution in [0.4, 0.5) is 5.69 Å². The first-order valence-electron chi connectivity index (χ1n) is 10.3. The van der Waals surface area contributed by atoms with E-state index in [0.29, 0.717) is 13.1 Å². The van der Waals surface area contributed by atoms with Gasteiger partial charge in [0.1, 0.15) is 5.75 Å². The molecular formula is C23H31N4O2S+. The summed E-state index contributed by atoms with van der Waals surface area (Å²) in [5, 5.41) is 7.19. The predicted molar refractivity (Wildman–Crippen MR) is 124 cm³/mol. The third kappa shape index (κ3) is 5.93. The Hall–Kier alpha value is -2.64. The molecule has 2 aromatic rings. The molecule has 1 aliphatic heterocycles. The quantitative estimate of drug-likeness (QED) is 0.611. The van der Waals surface area contributed by atoms with Crippen molar-refractivity contribution in [2.24, 2.45) is 0 Å². The molecular weight excluding hydrogens is 396 g/mol. The molecule has 2 aromatic carbocycles.